The molecular formula is C17H24N6OS. The lowest BCUT2D eigenvalue weighted by Gasteiger charge is -2.34. The zero-order valence-corrected chi connectivity index (χ0v) is 15.2. The van der Waals surface area contributed by atoms with E-state index in [0.717, 1.165) is 24.5 Å². The van der Waals surface area contributed by atoms with E-state index in [1.165, 1.54) is 19.3 Å². The number of hydrazine groups is 1. The van der Waals surface area contributed by atoms with Gasteiger partial charge in [-0.1, -0.05) is 12.5 Å². The first-order valence-electron chi connectivity index (χ1n) is 8.51. The van der Waals surface area contributed by atoms with Crippen LogP contribution in [0.2, 0.25) is 0 Å². The molecule has 0 saturated carbocycles. The summed E-state index contributed by atoms with van der Waals surface area (Å²) in [6.07, 6.45) is 7.36. The number of nitrogens with zero attached hydrogens (tertiary/aromatic N) is 3. The Bertz CT molecular complexity index is 764. The van der Waals surface area contributed by atoms with Crippen LogP contribution >= 0.6 is 12.2 Å². The maximum atomic E-state index is 12.2. The van der Waals surface area contributed by atoms with E-state index in [-0.39, 0.29) is 6.03 Å². The van der Waals surface area contributed by atoms with Gasteiger partial charge in [-0.3, -0.25) is 4.57 Å². The number of urea groups is 1. The largest absolute Gasteiger partial charge is 0.337 e. The van der Waals surface area contributed by atoms with E-state index in [1.54, 1.807) is 6.20 Å². The molecule has 0 aliphatic carbocycles. The number of H-pyrrole nitrogens is 1. The third-order valence-electron chi connectivity index (χ3n) is 4.32. The van der Waals surface area contributed by atoms with E-state index in [2.05, 4.69) is 25.6 Å². The number of aromatic amines is 1. The third kappa shape index (κ3) is 4.68. The van der Waals surface area contributed by atoms with Gasteiger partial charge in [0.2, 0.25) is 0 Å². The van der Waals surface area contributed by atoms with Gasteiger partial charge in [-0.2, -0.15) is 0 Å². The van der Waals surface area contributed by atoms with Gasteiger partial charge in [0.15, 0.2) is 4.77 Å². The van der Waals surface area contributed by atoms with Crippen molar-refractivity contribution in [3.63, 3.8) is 0 Å². The summed E-state index contributed by atoms with van der Waals surface area (Å²) in [5.41, 5.74) is 1.62. The minimum Gasteiger partial charge on any atom is -0.337 e. The zero-order valence-electron chi connectivity index (χ0n) is 14.4. The highest BCUT2D eigenvalue weighted by Crippen LogP contribution is 2.15. The van der Waals surface area contributed by atoms with Crippen molar-refractivity contribution >= 4 is 23.9 Å². The molecule has 1 aliphatic rings. The molecule has 1 aromatic heterocycles. The molecule has 8 heteroatoms. The highest BCUT2D eigenvalue weighted by Gasteiger charge is 2.15. The maximum absolute atomic E-state index is 12.2. The summed E-state index contributed by atoms with van der Waals surface area (Å²) in [4.78, 5) is 15.1. The van der Waals surface area contributed by atoms with E-state index in [9.17, 15) is 4.79 Å². The number of rotatable bonds is 5. The van der Waals surface area contributed by atoms with E-state index in [4.69, 9.17) is 12.2 Å². The Hall–Kier alpha value is -2.16. The van der Waals surface area contributed by atoms with E-state index < -0.39 is 0 Å². The lowest BCUT2D eigenvalue weighted by molar-refractivity contribution is -0.0194. The number of benzene rings is 1. The van der Waals surface area contributed by atoms with Crippen LogP contribution in [-0.2, 0) is 0 Å². The minimum atomic E-state index is -0.223. The normalized spacial score (nSPS) is 15.3. The average molecular weight is 360 g/mol. The molecule has 7 nitrogen and oxygen atoms in total. The van der Waals surface area contributed by atoms with Gasteiger partial charge in [-0.05, 0) is 43.3 Å². The van der Waals surface area contributed by atoms with Crippen molar-refractivity contribution in [1.82, 2.24) is 24.9 Å². The van der Waals surface area contributed by atoms with Crippen molar-refractivity contribution in [2.45, 2.75) is 19.3 Å². The van der Waals surface area contributed by atoms with Crippen molar-refractivity contribution in [3.8, 4) is 5.69 Å². The minimum absolute atomic E-state index is 0.223. The number of amides is 2. The van der Waals surface area contributed by atoms with Gasteiger partial charge in [-0.25, -0.2) is 14.8 Å². The molecule has 134 valence electrons. The van der Waals surface area contributed by atoms with Gasteiger partial charge >= 0.3 is 6.03 Å². The summed E-state index contributed by atoms with van der Waals surface area (Å²) in [6, 6.07) is 7.35. The van der Waals surface area contributed by atoms with Crippen molar-refractivity contribution in [3.05, 3.63) is 41.4 Å². The van der Waals surface area contributed by atoms with Crippen LogP contribution in [0.25, 0.3) is 5.69 Å². The van der Waals surface area contributed by atoms with Crippen LogP contribution in [0.1, 0.15) is 19.3 Å². The number of aromatic nitrogens is 2. The van der Waals surface area contributed by atoms with Crippen LogP contribution in [0.4, 0.5) is 10.5 Å². The standard InChI is InChI=1S/C17H24N6OS/c1-21(22-9-3-2-4-10-22)13-19-16(24)20-14-6-5-7-15(12-14)23-11-8-18-17(23)25/h5-8,11-12H,2-4,9-10,13H2,1H3,(H,18,25)(H2,19,20,24). The summed E-state index contributed by atoms with van der Waals surface area (Å²) in [5, 5.41) is 10.1. The van der Waals surface area contributed by atoms with Crippen LogP contribution in [0.5, 0.6) is 0 Å². The first-order chi connectivity index (χ1) is 12.1. The van der Waals surface area contributed by atoms with Gasteiger partial charge in [0.1, 0.15) is 0 Å². The first kappa shape index (κ1) is 17.7. The monoisotopic (exact) mass is 360 g/mol. The molecule has 3 rings (SSSR count). The molecule has 0 spiro atoms. The third-order valence-corrected chi connectivity index (χ3v) is 4.63. The van der Waals surface area contributed by atoms with Crippen LogP contribution < -0.4 is 10.6 Å². The Morgan fingerprint density at radius 3 is 2.84 bits per heavy atom. The Labute approximate surface area is 152 Å². The number of hydrogen-bond acceptors (Lipinski definition) is 4. The molecule has 0 atom stereocenters. The van der Waals surface area contributed by atoms with E-state index in [1.807, 2.05) is 42.1 Å². The molecular weight excluding hydrogens is 336 g/mol. The van der Waals surface area contributed by atoms with E-state index in [0.29, 0.717) is 11.4 Å². The smallest absolute Gasteiger partial charge is 0.320 e. The molecule has 2 heterocycles. The van der Waals surface area contributed by atoms with Crippen molar-refractivity contribution < 1.29 is 4.79 Å². The average Bonchev–Trinajstić information content (AvgIpc) is 3.06. The van der Waals surface area contributed by atoms with Crippen LogP contribution in [-0.4, -0.2) is 52.4 Å². The molecule has 0 unspecified atom stereocenters. The maximum Gasteiger partial charge on any atom is 0.320 e. The molecule has 2 aromatic rings. The number of carbonyl (C=O) groups excluding carboxylic acids is 1. The van der Waals surface area contributed by atoms with Crippen molar-refractivity contribution in [1.29, 1.82) is 0 Å². The van der Waals surface area contributed by atoms with Crippen LogP contribution in [0, 0.1) is 4.77 Å². The fraction of sp³-hybridized carbons (Fsp3) is 0.412. The number of nitrogens with one attached hydrogen (secondary N) is 3. The first-order valence-corrected chi connectivity index (χ1v) is 8.91. The lowest BCUT2D eigenvalue weighted by Crippen LogP contribution is -2.48. The van der Waals surface area contributed by atoms with Gasteiger partial charge in [0.05, 0.1) is 6.67 Å². The van der Waals surface area contributed by atoms with Gasteiger partial charge < -0.3 is 15.6 Å². The molecule has 1 aromatic carbocycles. The molecule has 1 fully saturated rings. The van der Waals surface area contributed by atoms with E-state index >= 15 is 0 Å². The quantitative estimate of drug-likeness (QED) is 0.566. The summed E-state index contributed by atoms with van der Waals surface area (Å²) >= 11 is 5.23. The Morgan fingerprint density at radius 1 is 1.32 bits per heavy atom. The zero-order chi connectivity index (χ0) is 17.6. The Kier molecular flexibility index (Phi) is 5.85. The predicted octanol–water partition coefficient (Wildman–Crippen LogP) is 2.95. The summed E-state index contributed by atoms with van der Waals surface area (Å²) in [6.45, 7) is 2.59. The van der Waals surface area contributed by atoms with Gasteiger partial charge in [0.25, 0.3) is 0 Å². The molecule has 3 N–H and O–H groups in total. The fourth-order valence-corrected chi connectivity index (χ4v) is 3.17. The number of anilines is 1. The summed E-state index contributed by atoms with van der Waals surface area (Å²) < 4.78 is 2.47. The number of carbonyl (C=O) groups is 1. The fourth-order valence-electron chi connectivity index (χ4n) is 2.94. The highest BCUT2D eigenvalue weighted by atomic mass is 32.1. The Balaban J connectivity index is 1.54. The molecule has 1 saturated heterocycles. The summed E-state index contributed by atoms with van der Waals surface area (Å²) in [7, 11) is 2.00. The molecule has 0 radical (unpaired) electrons. The SMILES string of the molecule is CN(CNC(=O)Nc1cccc(-n2cc[nH]c2=S)c1)N1CCCCC1. The number of hydrogen-bond donors (Lipinski definition) is 3. The molecule has 2 amide bonds. The number of imidazole rings is 1. The lowest BCUT2D eigenvalue weighted by atomic mass is 10.2. The second-order valence-corrected chi connectivity index (χ2v) is 6.53. The van der Waals surface area contributed by atoms with Crippen LogP contribution in [0.15, 0.2) is 36.7 Å². The van der Waals surface area contributed by atoms with Gasteiger partial charge in [0, 0.05) is 43.9 Å². The second kappa shape index (κ2) is 8.28. The molecule has 0 bridgehead atoms. The molecule has 25 heavy (non-hydrogen) atoms. The van der Waals surface area contributed by atoms with Crippen molar-refractivity contribution in [2.75, 3.05) is 32.1 Å². The highest BCUT2D eigenvalue weighted by molar-refractivity contribution is 7.71. The Morgan fingerprint density at radius 2 is 2.12 bits per heavy atom. The second-order valence-electron chi connectivity index (χ2n) is 6.15. The predicted molar refractivity (Wildman–Crippen MR) is 101 cm³/mol. The summed E-state index contributed by atoms with van der Waals surface area (Å²) in [5.74, 6) is 0. The number of piperidine rings is 1. The van der Waals surface area contributed by atoms with Crippen molar-refractivity contribution in [2.24, 2.45) is 0 Å². The molecule has 1 aliphatic heterocycles. The topological polar surface area (TPSA) is 68.3 Å². The van der Waals surface area contributed by atoms with Crippen LogP contribution in [0.3, 0.4) is 0 Å². The van der Waals surface area contributed by atoms with Gasteiger partial charge in [-0.15, -0.1) is 0 Å².